The number of nitrogens with zero attached hydrogens (tertiary/aromatic N) is 1. The first kappa shape index (κ1) is 11.3. The minimum Gasteiger partial charge on any atom is -0.248 e. The van der Waals surface area contributed by atoms with Gasteiger partial charge in [-0.3, -0.25) is 0 Å². The van der Waals surface area contributed by atoms with E-state index in [0.29, 0.717) is 0 Å². The summed E-state index contributed by atoms with van der Waals surface area (Å²) in [6.07, 6.45) is 8.16. The number of rotatable bonds is 0. The molecule has 1 aromatic heterocycles. The maximum Gasteiger partial charge on any atom is 0.0715 e. The molecule has 0 spiro atoms. The average molecular weight is 269 g/mol. The molecule has 2 aliphatic rings. The minimum atomic E-state index is 1.12. The molecule has 0 N–H and O–H groups in total. The molecule has 1 heterocycles. The van der Waals surface area contributed by atoms with Crippen LogP contribution in [-0.2, 0) is 6.42 Å². The van der Waals surface area contributed by atoms with E-state index >= 15 is 0 Å². The Bertz CT molecular complexity index is 1110. The molecule has 3 aromatic rings. The van der Waals surface area contributed by atoms with E-state index in [1.54, 1.807) is 0 Å². The average Bonchev–Trinajstić information content (AvgIpc) is 2.92. The number of benzene rings is 2. The summed E-state index contributed by atoms with van der Waals surface area (Å²) in [5.41, 5.74) is 3.87. The summed E-state index contributed by atoms with van der Waals surface area (Å²) in [7, 11) is 0. The van der Waals surface area contributed by atoms with Gasteiger partial charge in [-0.25, -0.2) is 4.98 Å². The van der Waals surface area contributed by atoms with Crippen LogP contribution in [0.2, 0.25) is 0 Å². The summed E-state index contributed by atoms with van der Waals surface area (Å²) in [6.45, 7) is 0. The van der Waals surface area contributed by atoms with Crippen LogP contribution in [0.25, 0.3) is 23.1 Å². The van der Waals surface area contributed by atoms with E-state index in [0.717, 1.165) is 18.4 Å². The first-order valence-corrected chi connectivity index (χ1v) is 7.64. The highest BCUT2D eigenvalue weighted by atomic mass is 14.7. The first-order chi connectivity index (χ1) is 10.4. The Morgan fingerprint density at radius 2 is 1.90 bits per heavy atom. The maximum absolute atomic E-state index is 4.88. The summed E-state index contributed by atoms with van der Waals surface area (Å²) in [5, 5.41) is 6.52. The van der Waals surface area contributed by atoms with Gasteiger partial charge in [-0.2, -0.15) is 0 Å². The number of aryl methyl sites for hydroxylation is 1. The van der Waals surface area contributed by atoms with Gasteiger partial charge in [-0.1, -0.05) is 36.4 Å². The molecule has 0 saturated heterocycles. The van der Waals surface area contributed by atoms with Crippen molar-refractivity contribution in [3.8, 4) is 0 Å². The topological polar surface area (TPSA) is 12.9 Å². The van der Waals surface area contributed by atoms with Crippen molar-refractivity contribution in [1.82, 2.24) is 4.98 Å². The van der Waals surface area contributed by atoms with Crippen molar-refractivity contribution in [3.05, 3.63) is 74.6 Å². The van der Waals surface area contributed by atoms with Crippen LogP contribution in [0.15, 0.2) is 42.5 Å². The van der Waals surface area contributed by atoms with Crippen LogP contribution in [0.3, 0.4) is 0 Å². The molecule has 1 heteroatoms. The fourth-order valence-corrected chi connectivity index (χ4v) is 3.65. The third-order valence-corrected chi connectivity index (χ3v) is 4.69. The number of hydrogen-bond donors (Lipinski definition) is 0. The van der Waals surface area contributed by atoms with Gasteiger partial charge in [0.05, 0.1) is 10.9 Å². The highest BCUT2D eigenvalue weighted by Gasteiger charge is 2.10. The highest BCUT2D eigenvalue weighted by molar-refractivity contribution is 5.89. The van der Waals surface area contributed by atoms with Crippen molar-refractivity contribution < 1.29 is 0 Å². The fourth-order valence-electron chi connectivity index (χ4n) is 3.65. The van der Waals surface area contributed by atoms with E-state index in [-0.39, 0.29) is 0 Å². The lowest BCUT2D eigenvalue weighted by atomic mass is 9.98. The van der Waals surface area contributed by atoms with Gasteiger partial charge in [0.25, 0.3) is 0 Å². The zero-order chi connectivity index (χ0) is 13.8. The Labute approximate surface area is 122 Å². The molecule has 5 rings (SSSR count). The molecule has 0 atom stereocenters. The van der Waals surface area contributed by atoms with Gasteiger partial charge >= 0.3 is 0 Å². The Kier molecular flexibility index (Phi) is 2.17. The van der Waals surface area contributed by atoms with Crippen molar-refractivity contribution >= 4 is 23.1 Å². The molecular formula is C20H15N. The van der Waals surface area contributed by atoms with Crippen LogP contribution in [0.4, 0.5) is 0 Å². The molecule has 0 fully saturated rings. The van der Waals surface area contributed by atoms with E-state index in [1.807, 2.05) is 0 Å². The van der Waals surface area contributed by atoms with Crippen molar-refractivity contribution in [2.75, 3.05) is 0 Å². The predicted octanol–water partition coefficient (Wildman–Crippen LogP) is 2.78. The van der Waals surface area contributed by atoms with Crippen molar-refractivity contribution in [1.29, 1.82) is 0 Å². The predicted molar refractivity (Wildman–Crippen MR) is 86.1 cm³/mol. The Morgan fingerprint density at radius 1 is 0.952 bits per heavy atom. The van der Waals surface area contributed by atoms with Crippen LogP contribution >= 0.6 is 0 Å². The summed E-state index contributed by atoms with van der Waals surface area (Å²) in [4.78, 5) is 4.88. The smallest absolute Gasteiger partial charge is 0.0715 e. The van der Waals surface area contributed by atoms with E-state index in [4.69, 9.17) is 4.98 Å². The fraction of sp³-hybridized carbons (Fsp3) is 0.150. The van der Waals surface area contributed by atoms with Gasteiger partial charge < -0.3 is 0 Å². The highest BCUT2D eigenvalue weighted by Crippen LogP contribution is 2.23. The number of pyridine rings is 1. The second-order valence-corrected chi connectivity index (χ2v) is 5.95. The molecule has 0 bridgehead atoms. The molecular weight excluding hydrogens is 254 g/mol. The van der Waals surface area contributed by atoms with Gasteiger partial charge in [-0.15, -0.1) is 0 Å². The van der Waals surface area contributed by atoms with Crippen LogP contribution in [0, 0.1) is 10.4 Å². The number of fused-ring (bicyclic) bond motifs is 5. The van der Waals surface area contributed by atoms with E-state index in [1.165, 1.54) is 43.9 Å². The van der Waals surface area contributed by atoms with Crippen LogP contribution in [-0.4, -0.2) is 4.98 Å². The van der Waals surface area contributed by atoms with Gasteiger partial charge in [0.15, 0.2) is 0 Å². The minimum absolute atomic E-state index is 1.12. The summed E-state index contributed by atoms with van der Waals surface area (Å²) in [5.74, 6) is 0. The van der Waals surface area contributed by atoms with Crippen molar-refractivity contribution in [3.63, 3.8) is 0 Å². The van der Waals surface area contributed by atoms with Crippen LogP contribution in [0.1, 0.15) is 24.0 Å². The first-order valence-electron chi connectivity index (χ1n) is 7.64. The van der Waals surface area contributed by atoms with Gasteiger partial charge in [0.1, 0.15) is 0 Å². The van der Waals surface area contributed by atoms with E-state index in [2.05, 4.69) is 54.6 Å². The zero-order valence-electron chi connectivity index (χ0n) is 11.8. The third kappa shape index (κ3) is 1.55. The van der Waals surface area contributed by atoms with Crippen molar-refractivity contribution in [2.45, 2.75) is 19.3 Å². The standard InChI is InChI=1S/C20H15N/c1-3-7-15-13(5-1)11-17-16(15)9-10-20-18(17)12-14-6-2-4-8-19(14)21-20/h1,3,5,7-12H,2,4,6H2. The molecule has 2 aromatic carbocycles. The van der Waals surface area contributed by atoms with Gasteiger partial charge in [0, 0.05) is 5.39 Å². The molecule has 2 aliphatic carbocycles. The summed E-state index contributed by atoms with van der Waals surface area (Å²) < 4.78 is 0. The summed E-state index contributed by atoms with van der Waals surface area (Å²) >= 11 is 0. The molecule has 0 radical (unpaired) electrons. The van der Waals surface area contributed by atoms with Crippen LogP contribution in [0.5, 0.6) is 0 Å². The Hall–Kier alpha value is -2.41. The molecule has 21 heavy (non-hydrogen) atoms. The quantitative estimate of drug-likeness (QED) is 0.478. The Balaban J connectivity index is 1.99. The Morgan fingerprint density at radius 3 is 2.90 bits per heavy atom. The van der Waals surface area contributed by atoms with Gasteiger partial charge in [-0.05, 0) is 64.3 Å². The maximum atomic E-state index is 4.88. The number of hydrogen-bond acceptors (Lipinski definition) is 1. The van der Waals surface area contributed by atoms with E-state index < -0.39 is 0 Å². The number of aromatic nitrogens is 1. The second-order valence-electron chi connectivity index (χ2n) is 5.95. The van der Waals surface area contributed by atoms with Crippen molar-refractivity contribution in [2.24, 2.45) is 0 Å². The lowest BCUT2D eigenvalue weighted by Gasteiger charge is -2.10. The third-order valence-electron chi connectivity index (χ3n) is 4.69. The second kappa shape index (κ2) is 4.05. The zero-order valence-corrected chi connectivity index (χ0v) is 11.8. The van der Waals surface area contributed by atoms with E-state index in [9.17, 15) is 0 Å². The molecule has 0 unspecified atom stereocenters. The van der Waals surface area contributed by atoms with Crippen LogP contribution < -0.4 is 10.6 Å². The molecule has 0 aliphatic heterocycles. The summed E-state index contributed by atoms with van der Waals surface area (Å²) in [6, 6.07) is 15.4. The monoisotopic (exact) mass is 269 g/mol. The lowest BCUT2D eigenvalue weighted by Crippen LogP contribution is -2.17. The molecule has 0 amide bonds. The lowest BCUT2D eigenvalue weighted by molar-refractivity contribution is 0.827. The molecule has 100 valence electrons. The largest absolute Gasteiger partial charge is 0.248 e. The molecule has 1 nitrogen and oxygen atoms in total. The normalized spacial score (nSPS) is 14.9. The SMILES string of the molecule is C1=c2nc3ccc4c(c3cc2CCC1)C=c1ccccc1=4. The molecule has 0 saturated carbocycles. The van der Waals surface area contributed by atoms with Gasteiger partial charge in [0.2, 0.25) is 0 Å².